The van der Waals surface area contributed by atoms with E-state index in [1.165, 1.54) is 18.4 Å². The smallest absolute Gasteiger partial charge is 0.221 e. The van der Waals surface area contributed by atoms with Crippen LogP contribution in [0.15, 0.2) is 30.3 Å². The Morgan fingerprint density at radius 2 is 2.09 bits per heavy atom. The highest BCUT2D eigenvalue weighted by molar-refractivity contribution is 5.85. The number of hydrogen-bond acceptors (Lipinski definition) is 3. The molecule has 0 radical (unpaired) electrons. The molecule has 0 bridgehead atoms. The maximum Gasteiger partial charge on any atom is 0.221 e. The molecule has 0 aromatic heterocycles. The Morgan fingerprint density at radius 1 is 1.26 bits per heavy atom. The number of halogens is 1. The third-order valence-electron chi connectivity index (χ3n) is 4.78. The molecule has 23 heavy (non-hydrogen) atoms. The average Bonchev–Trinajstić information content (AvgIpc) is 2.96. The molecule has 1 heterocycles. The number of rotatable bonds is 5. The van der Waals surface area contributed by atoms with E-state index in [1.807, 2.05) is 0 Å². The van der Waals surface area contributed by atoms with Crippen LogP contribution in [0.1, 0.15) is 31.2 Å². The molecule has 1 aliphatic carbocycles. The van der Waals surface area contributed by atoms with Crippen molar-refractivity contribution >= 4 is 18.3 Å². The summed E-state index contributed by atoms with van der Waals surface area (Å²) in [5.41, 5.74) is 1.37. The average molecular weight is 339 g/mol. The predicted molar refractivity (Wildman–Crippen MR) is 93.9 cm³/mol. The lowest BCUT2D eigenvalue weighted by atomic mass is 9.94. The van der Waals surface area contributed by atoms with Crippen LogP contribution in [0.25, 0.3) is 0 Å². The van der Waals surface area contributed by atoms with Crippen LogP contribution in [-0.4, -0.2) is 37.7 Å². The maximum atomic E-state index is 12.3. The quantitative estimate of drug-likeness (QED) is 0.866. The summed E-state index contributed by atoms with van der Waals surface area (Å²) in [4.78, 5) is 12.3. The molecular weight excluding hydrogens is 312 g/mol. The summed E-state index contributed by atoms with van der Waals surface area (Å²) in [7, 11) is 0. The van der Waals surface area contributed by atoms with Crippen molar-refractivity contribution in [2.45, 2.75) is 44.2 Å². The number of morpholine rings is 1. The number of carbonyl (C=O) groups is 1. The van der Waals surface area contributed by atoms with Crippen molar-refractivity contribution in [3.63, 3.8) is 0 Å². The Bertz CT molecular complexity index is 477. The summed E-state index contributed by atoms with van der Waals surface area (Å²) in [6.45, 7) is 2.24. The molecule has 0 spiro atoms. The zero-order valence-electron chi connectivity index (χ0n) is 13.5. The molecule has 3 atom stereocenters. The van der Waals surface area contributed by atoms with Crippen LogP contribution in [0.3, 0.4) is 0 Å². The molecule has 1 saturated carbocycles. The number of carbonyl (C=O) groups excluding carboxylic acids is 1. The van der Waals surface area contributed by atoms with Crippen LogP contribution in [0, 0.1) is 5.92 Å². The lowest BCUT2D eigenvalue weighted by Crippen LogP contribution is -2.46. The van der Waals surface area contributed by atoms with E-state index in [1.54, 1.807) is 0 Å². The lowest BCUT2D eigenvalue weighted by molar-refractivity contribution is -0.123. The van der Waals surface area contributed by atoms with Crippen molar-refractivity contribution in [1.29, 1.82) is 0 Å². The van der Waals surface area contributed by atoms with Gasteiger partial charge in [-0.25, -0.2) is 0 Å². The highest BCUT2D eigenvalue weighted by Gasteiger charge is 2.29. The van der Waals surface area contributed by atoms with E-state index in [2.05, 4.69) is 41.0 Å². The van der Waals surface area contributed by atoms with Crippen molar-refractivity contribution in [2.24, 2.45) is 5.92 Å². The van der Waals surface area contributed by atoms with Crippen LogP contribution < -0.4 is 10.6 Å². The van der Waals surface area contributed by atoms with Crippen LogP contribution in [0.2, 0.25) is 0 Å². The topological polar surface area (TPSA) is 50.4 Å². The van der Waals surface area contributed by atoms with Gasteiger partial charge in [-0.1, -0.05) is 36.8 Å². The van der Waals surface area contributed by atoms with Gasteiger partial charge in [0.2, 0.25) is 5.91 Å². The van der Waals surface area contributed by atoms with Crippen molar-refractivity contribution < 1.29 is 9.53 Å². The van der Waals surface area contributed by atoms with E-state index < -0.39 is 0 Å². The summed E-state index contributed by atoms with van der Waals surface area (Å²) in [5.74, 6) is 0.731. The third kappa shape index (κ3) is 5.48. The van der Waals surface area contributed by atoms with Crippen LogP contribution in [0.4, 0.5) is 0 Å². The third-order valence-corrected chi connectivity index (χ3v) is 4.78. The SMILES string of the molecule is Cl.O=C(CC1COCCN1)NC1CCCC1Cc1ccccc1. The zero-order chi connectivity index (χ0) is 15.2. The van der Waals surface area contributed by atoms with E-state index in [0.717, 1.165) is 26.0 Å². The minimum atomic E-state index is 0. The zero-order valence-corrected chi connectivity index (χ0v) is 14.3. The number of hydrogen-bond donors (Lipinski definition) is 2. The largest absolute Gasteiger partial charge is 0.378 e. The maximum absolute atomic E-state index is 12.3. The molecular formula is C18H27ClN2O2. The van der Waals surface area contributed by atoms with E-state index in [-0.39, 0.29) is 24.4 Å². The Morgan fingerprint density at radius 3 is 2.83 bits per heavy atom. The van der Waals surface area contributed by atoms with Crippen LogP contribution >= 0.6 is 12.4 Å². The summed E-state index contributed by atoms with van der Waals surface area (Å²) in [5, 5.41) is 6.60. The Hall–Kier alpha value is -1.10. The van der Waals surface area contributed by atoms with Gasteiger partial charge >= 0.3 is 0 Å². The second-order valence-corrected chi connectivity index (χ2v) is 6.48. The van der Waals surface area contributed by atoms with E-state index in [0.29, 0.717) is 25.0 Å². The Labute approximate surface area is 144 Å². The summed E-state index contributed by atoms with van der Waals surface area (Å²) < 4.78 is 5.41. The van der Waals surface area contributed by atoms with Gasteiger partial charge in [-0.3, -0.25) is 4.79 Å². The fourth-order valence-corrected chi connectivity index (χ4v) is 3.63. The van der Waals surface area contributed by atoms with Gasteiger partial charge in [0.25, 0.3) is 0 Å². The van der Waals surface area contributed by atoms with E-state index >= 15 is 0 Å². The van der Waals surface area contributed by atoms with Gasteiger partial charge < -0.3 is 15.4 Å². The minimum Gasteiger partial charge on any atom is -0.378 e. The van der Waals surface area contributed by atoms with Crippen molar-refractivity contribution in [3.8, 4) is 0 Å². The lowest BCUT2D eigenvalue weighted by Gasteiger charge is -2.25. The number of amides is 1. The second kappa shape index (κ2) is 9.26. The summed E-state index contributed by atoms with van der Waals surface area (Å²) in [6, 6.07) is 11.1. The highest BCUT2D eigenvalue weighted by Crippen LogP contribution is 2.29. The van der Waals surface area contributed by atoms with Gasteiger partial charge in [0.15, 0.2) is 0 Å². The van der Waals surface area contributed by atoms with Gasteiger partial charge in [0.1, 0.15) is 0 Å². The highest BCUT2D eigenvalue weighted by atomic mass is 35.5. The Balaban J connectivity index is 0.00000192. The van der Waals surface area contributed by atoms with Crippen molar-refractivity contribution in [3.05, 3.63) is 35.9 Å². The number of benzene rings is 1. The molecule has 3 unspecified atom stereocenters. The molecule has 2 N–H and O–H groups in total. The number of nitrogens with one attached hydrogen (secondary N) is 2. The number of ether oxygens (including phenoxy) is 1. The fourth-order valence-electron chi connectivity index (χ4n) is 3.63. The summed E-state index contributed by atoms with van der Waals surface area (Å²) >= 11 is 0. The predicted octanol–water partition coefficient (Wildman–Crippen LogP) is 2.31. The monoisotopic (exact) mass is 338 g/mol. The van der Waals surface area contributed by atoms with Crippen LogP contribution in [-0.2, 0) is 16.0 Å². The molecule has 3 rings (SSSR count). The van der Waals surface area contributed by atoms with Gasteiger partial charge in [0.05, 0.1) is 13.2 Å². The minimum absolute atomic E-state index is 0. The first-order chi connectivity index (χ1) is 10.8. The molecule has 5 heteroatoms. The van der Waals surface area contributed by atoms with Gasteiger partial charge in [-0.2, -0.15) is 0 Å². The molecule has 4 nitrogen and oxygen atoms in total. The molecule has 2 aliphatic rings. The van der Waals surface area contributed by atoms with E-state index in [4.69, 9.17) is 4.74 Å². The molecule has 1 amide bonds. The molecule has 1 saturated heterocycles. The van der Waals surface area contributed by atoms with Crippen molar-refractivity contribution in [1.82, 2.24) is 10.6 Å². The first-order valence-electron chi connectivity index (χ1n) is 8.45. The molecule has 1 aromatic rings. The molecule has 2 fully saturated rings. The van der Waals surface area contributed by atoms with Crippen molar-refractivity contribution in [2.75, 3.05) is 19.8 Å². The Kier molecular flexibility index (Phi) is 7.34. The van der Waals surface area contributed by atoms with Gasteiger partial charge in [-0.05, 0) is 30.7 Å². The first kappa shape index (κ1) is 18.2. The summed E-state index contributed by atoms with van der Waals surface area (Å²) in [6.07, 6.45) is 5.13. The van der Waals surface area contributed by atoms with Gasteiger partial charge in [-0.15, -0.1) is 12.4 Å². The molecule has 1 aliphatic heterocycles. The fraction of sp³-hybridized carbons (Fsp3) is 0.611. The normalized spacial score (nSPS) is 27.2. The first-order valence-corrected chi connectivity index (χ1v) is 8.45. The molecule has 128 valence electrons. The van der Waals surface area contributed by atoms with Crippen LogP contribution in [0.5, 0.6) is 0 Å². The second-order valence-electron chi connectivity index (χ2n) is 6.48. The van der Waals surface area contributed by atoms with Gasteiger partial charge in [0, 0.05) is 25.0 Å². The standard InChI is InChI=1S/C18H26N2O2.ClH/c21-18(12-16-13-22-10-9-19-16)20-17-8-4-7-15(17)11-14-5-2-1-3-6-14;/h1-3,5-6,15-17,19H,4,7-13H2,(H,20,21);1H. The van der Waals surface area contributed by atoms with E-state index in [9.17, 15) is 4.79 Å². The molecule has 1 aromatic carbocycles.